The van der Waals surface area contributed by atoms with Gasteiger partial charge in [0.1, 0.15) is 28.9 Å². The molecule has 0 fully saturated rings. The molecule has 0 saturated carbocycles. The minimum Gasteiger partial charge on any atom is -0.488 e. The molecule has 32 heavy (non-hydrogen) atoms. The van der Waals surface area contributed by atoms with Gasteiger partial charge in [0, 0.05) is 25.0 Å². The van der Waals surface area contributed by atoms with Gasteiger partial charge in [-0.05, 0) is 42.8 Å². The molecule has 0 aliphatic rings. The average Bonchev–Trinajstić information content (AvgIpc) is 3.26. The van der Waals surface area contributed by atoms with Crippen LogP contribution in [0.5, 0.6) is 17.2 Å². The van der Waals surface area contributed by atoms with Gasteiger partial charge in [0.15, 0.2) is 9.84 Å². The van der Waals surface area contributed by atoms with Gasteiger partial charge >= 0.3 is 0 Å². The van der Waals surface area contributed by atoms with Crippen molar-refractivity contribution in [2.75, 3.05) is 25.3 Å². The molecule has 0 spiro atoms. The Morgan fingerprint density at radius 3 is 2.44 bits per heavy atom. The second-order valence-electron chi connectivity index (χ2n) is 6.84. The van der Waals surface area contributed by atoms with Gasteiger partial charge in [0.25, 0.3) is 5.91 Å². The van der Waals surface area contributed by atoms with E-state index in [1.54, 1.807) is 37.4 Å². The number of carbonyl (C=O) groups excluding carboxylic acids is 1. The van der Waals surface area contributed by atoms with Crippen LogP contribution in [0.4, 0.5) is 5.13 Å². The average molecular weight is 478 g/mol. The van der Waals surface area contributed by atoms with E-state index >= 15 is 0 Å². The highest BCUT2D eigenvalue weighted by atomic mass is 32.2. The molecule has 3 rings (SSSR count). The van der Waals surface area contributed by atoms with Gasteiger partial charge in [-0.25, -0.2) is 8.42 Å². The molecule has 0 radical (unpaired) electrons. The molecule has 0 bridgehead atoms. The van der Waals surface area contributed by atoms with E-state index in [1.165, 1.54) is 29.0 Å². The van der Waals surface area contributed by atoms with Crippen LogP contribution in [0.1, 0.15) is 23.7 Å². The van der Waals surface area contributed by atoms with Crippen LogP contribution in [-0.2, 0) is 14.6 Å². The number of nitrogens with zero attached hydrogens (tertiary/aromatic N) is 2. The molecule has 170 valence electrons. The summed E-state index contributed by atoms with van der Waals surface area (Å²) in [6.07, 6.45) is 1.64. The van der Waals surface area contributed by atoms with Crippen molar-refractivity contribution in [3.63, 3.8) is 0 Å². The number of sulfone groups is 1. The summed E-state index contributed by atoms with van der Waals surface area (Å²) in [4.78, 5) is 12.9. The summed E-state index contributed by atoms with van der Waals surface area (Å²) in [6.45, 7) is 2.36. The standard InChI is InChI=1S/C21H23N3O6S2/c1-4-15(12-28-2)29-17-9-14(20(25)23-21-24-22-13-31-21)10-18(11-17)30-16-5-7-19(8-6-16)32(3,26)27/h5-11,13,15H,4,12H2,1-3H3,(H,23,24,25). The highest BCUT2D eigenvalue weighted by Crippen LogP contribution is 2.29. The molecule has 0 aliphatic heterocycles. The maximum absolute atomic E-state index is 12.7. The molecule has 1 heterocycles. The predicted molar refractivity (Wildman–Crippen MR) is 121 cm³/mol. The zero-order valence-electron chi connectivity index (χ0n) is 17.8. The fraction of sp³-hybridized carbons (Fsp3) is 0.286. The Hall–Kier alpha value is -3.02. The molecule has 1 N–H and O–H groups in total. The van der Waals surface area contributed by atoms with E-state index in [2.05, 4.69) is 15.5 Å². The van der Waals surface area contributed by atoms with Crippen LogP contribution in [0.15, 0.2) is 52.9 Å². The van der Waals surface area contributed by atoms with E-state index in [-0.39, 0.29) is 11.0 Å². The smallest absolute Gasteiger partial charge is 0.257 e. The van der Waals surface area contributed by atoms with Crippen LogP contribution >= 0.6 is 11.3 Å². The van der Waals surface area contributed by atoms with Crippen molar-refractivity contribution in [1.82, 2.24) is 10.2 Å². The van der Waals surface area contributed by atoms with Crippen molar-refractivity contribution in [2.45, 2.75) is 24.3 Å². The molecule has 1 amide bonds. The third-order valence-electron chi connectivity index (χ3n) is 4.32. The van der Waals surface area contributed by atoms with Gasteiger partial charge in [-0.3, -0.25) is 10.1 Å². The maximum Gasteiger partial charge on any atom is 0.257 e. The monoisotopic (exact) mass is 477 g/mol. The second kappa shape index (κ2) is 10.5. The lowest BCUT2D eigenvalue weighted by atomic mass is 10.2. The zero-order chi connectivity index (χ0) is 23.1. The van der Waals surface area contributed by atoms with Crippen molar-refractivity contribution in [3.8, 4) is 17.2 Å². The van der Waals surface area contributed by atoms with E-state index < -0.39 is 15.7 Å². The number of amides is 1. The van der Waals surface area contributed by atoms with Crippen molar-refractivity contribution in [1.29, 1.82) is 0 Å². The number of ether oxygens (including phenoxy) is 3. The van der Waals surface area contributed by atoms with Gasteiger partial charge < -0.3 is 14.2 Å². The molecule has 0 aliphatic carbocycles. The zero-order valence-corrected chi connectivity index (χ0v) is 19.4. The molecule has 1 aromatic heterocycles. The van der Waals surface area contributed by atoms with Gasteiger partial charge in [0.2, 0.25) is 5.13 Å². The minimum atomic E-state index is -3.31. The summed E-state index contributed by atoms with van der Waals surface area (Å²) < 4.78 is 40.4. The Morgan fingerprint density at radius 1 is 1.12 bits per heavy atom. The Balaban J connectivity index is 1.89. The molecular formula is C21H23N3O6S2. The van der Waals surface area contributed by atoms with Crippen LogP contribution in [0, 0.1) is 0 Å². The molecule has 3 aromatic rings. The topological polar surface area (TPSA) is 117 Å². The fourth-order valence-corrected chi connectivity index (χ4v) is 3.80. The Morgan fingerprint density at radius 2 is 1.84 bits per heavy atom. The fourth-order valence-electron chi connectivity index (χ4n) is 2.73. The number of anilines is 1. The van der Waals surface area contributed by atoms with Gasteiger partial charge in [-0.2, -0.15) is 0 Å². The third-order valence-corrected chi connectivity index (χ3v) is 6.06. The third kappa shape index (κ3) is 6.49. The summed E-state index contributed by atoms with van der Waals surface area (Å²) in [5, 5.41) is 10.6. The first-order chi connectivity index (χ1) is 15.3. The highest BCUT2D eigenvalue weighted by molar-refractivity contribution is 7.90. The Bertz CT molecular complexity index is 1150. The predicted octanol–water partition coefficient (Wildman–Crippen LogP) is 3.79. The van der Waals surface area contributed by atoms with Crippen LogP contribution in [-0.4, -0.2) is 50.6 Å². The first-order valence-corrected chi connectivity index (χ1v) is 12.4. The molecule has 11 heteroatoms. The van der Waals surface area contributed by atoms with E-state index in [0.717, 1.165) is 6.26 Å². The first kappa shape index (κ1) is 23.6. The lowest BCUT2D eigenvalue weighted by Gasteiger charge is -2.18. The molecule has 0 saturated heterocycles. The summed E-state index contributed by atoms with van der Waals surface area (Å²) >= 11 is 1.20. The van der Waals surface area contributed by atoms with Crippen LogP contribution in [0.3, 0.4) is 0 Å². The van der Waals surface area contributed by atoms with Crippen LogP contribution < -0.4 is 14.8 Å². The number of hydrogen-bond acceptors (Lipinski definition) is 9. The Kier molecular flexibility index (Phi) is 7.78. The number of carbonyl (C=O) groups is 1. The van der Waals surface area contributed by atoms with E-state index in [9.17, 15) is 13.2 Å². The summed E-state index contributed by atoms with van der Waals surface area (Å²) in [5.74, 6) is 0.795. The molecular weight excluding hydrogens is 454 g/mol. The minimum absolute atomic E-state index is 0.185. The van der Waals surface area contributed by atoms with Crippen molar-refractivity contribution < 1.29 is 27.4 Å². The normalized spacial score (nSPS) is 12.2. The van der Waals surface area contributed by atoms with Gasteiger partial charge in [-0.15, -0.1) is 10.2 Å². The SMILES string of the molecule is CCC(COC)Oc1cc(Oc2ccc(S(C)(=O)=O)cc2)cc(C(=O)Nc2nncs2)c1. The molecule has 1 atom stereocenters. The van der Waals surface area contributed by atoms with E-state index in [4.69, 9.17) is 14.2 Å². The summed E-state index contributed by atoms with van der Waals surface area (Å²) in [7, 11) is -1.72. The summed E-state index contributed by atoms with van der Waals surface area (Å²) in [6, 6.07) is 10.8. The number of nitrogens with one attached hydrogen (secondary N) is 1. The highest BCUT2D eigenvalue weighted by Gasteiger charge is 2.15. The maximum atomic E-state index is 12.7. The molecule has 1 unspecified atom stereocenters. The Labute approximate surface area is 190 Å². The molecule has 2 aromatic carbocycles. The number of aromatic nitrogens is 2. The quantitative estimate of drug-likeness (QED) is 0.469. The van der Waals surface area contributed by atoms with Crippen molar-refractivity contribution >= 4 is 32.2 Å². The lowest BCUT2D eigenvalue weighted by molar-refractivity contribution is 0.0785. The van der Waals surface area contributed by atoms with Gasteiger partial charge in [-0.1, -0.05) is 18.3 Å². The molecule has 9 nitrogen and oxygen atoms in total. The largest absolute Gasteiger partial charge is 0.488 e. The van der Waals surface area contributed by atoms with Crippen LogP contribution in [0.25, 0.3) is 0 Å². The van der Waals surface area contributed by atoms with E-state index in [0.29, 0.717) is 41.0 Å². The van der Waals surface area contributed by atoms with Crippen molar-refractivity contribution in [3.05, 3.63) is 53.5 Å². The van der Waals surface area contributed by atoms with Gasteiger partial charge in [0.05, 0.1) is 11.5 Å². The van der Waals surface area contributed by atoms with Crippen molar-refractivity contribution in [2.24, 2.45) is 0 Å². The summed E-state index contributed by atoms with van der Waals surface area (Å²) in [5.41, 5.74) is 1.81. The first-order valence-electron chi connectivity index (χ1n) is 9.64. The number of benzene rings is 2. The lowest BCUT2D eigenvalue weighted by Crippen LogP contribution is -2.21. The van der Waals surface area contributed by atoms with Crippen LogP contribution in [0.2, 0.25) is 0 Å². The second-order valence-corrected chi connectivity index (χ2v) is 9.69. The van der Waals surface area contributed by atoms with E-state index in [1.807, 2.05) is 6.92 Å². The number of hydrogen-bond donors (Lipinski definition) is 1. The number of rotatable bonds is 10. The number of methoxy groups -OCH3 is 1.